The number of aryl methyl sites for hydroxylation is 1. The largest absolute Gasteiger partial charge is 0.483 e. The monoisotopic (exact) mass is 639 g/mol. The highest BCUT2D eigenvalue weighted by atomic mass is 35.5. The third-order valence-corrected chi connectivity index (χ3v) is 11.9. The number of H-pyrrole nitrogens is 1. The van der Waals surface area contributed by atoms with Crippen molar-refractivity contribution in [3.05, 3.63) is 73.2 Å². The first-order chi connectivity index (χ1) is 20.6. The van der Waals surface area contributed by atoms with Gasteiger partial charge in [-0.25, -0.2) is 0 Å². The van der Waals surface area contributed by atoms with Crippen LogP contribution in [0.4, 0.5) is 5.69 Å². The van der Waals surface area contributed by atoms with E-state index in [4.69, 9.17) is 16.3 Å². The number of carboxylic acids is 1. The molecule has 1 aromatic heterocycles. The molecule has 222 valence electrons. The third kappa shape index (κ3) is 4.67. The van der Waals surface area contributed by atoms with Crippen LogP contribution in [0.1, 0.15) is 28.3 Å². The zero-order valence-corrected chi connectivity index (χ0v) is 25.1. The van der Waals surface area contributed by atoms with Crippen LogP contribution in [0.2, 0.25) is 5.02 Å². The first-order valence-electron chi connectivity index (χ1n) is 13.9. The van der Waals surface area contributed by atoms with Gasteiger partial charge in [-0.1, -0.05) is 35.1 Å². The van der Waals surface area contributed by atoms with Gasteiger partial charge < -0.3 is 20.1 Å². The van der Waals surface area contributed by atoms with Crippen molar-refractivity contribution in [3.8, 4) is 5.75 Å². The highest BCUT2D eigenvalue weighted by Gasteiger charge is 2.69. The molecule has 2 aromatic carbocycles. The average Bonchev–Trinajstić information content (AvgIpc) is 3.68. The van der Waals surface area contributed by atoms with Gasteiger partial charge in [0.25, 0.3) is 5.91 Å². The predicted octanol–water partition coefficient (Wildman–Crippen LogP) is 3.97. The van der Waals surface area contributed by atoms with Gasteiger partial charge in [0.2, 0.25) is 11.8 Å². The zero-order valence-electron chi connectivity index (χ0n) is 22.7. The van der Waals surface area contributed by atoms with Crippen LogP contribution < -0.4 is 14.9 Å². The second-order valence-corrected chi connectivity index (χ2v) is 14.1. The molecule has 43 heavy (non-hydrogen) atoms. The predicted molar refractivity (Wildman–Crippen MR) is 160 cm³/mol. The molecule has 3 heterocycles. The standard InChI is InChI=1S/C30H26ClN3O7S2/c1-12-3-2-4-14(7-12)32-19(35)11-41-18-6-5-13(31)8-15(18)21-22-16-9-17(25(22)42-27-26(21)43-30(40)33-27)24-23(16)28(38)34(29(24)39)10-20(36)37/h2-8,16-17,21-25H,9-11H2,1H3,(H,32,35)(H,33,40)(H,36,37)/t16?,17?,21-,22?,23?,24?,25?/m1/s1. The normalized spacial score (nSPS) is 28.4. The number of fused-ring (bicyclic) bond motifs is 9. The number of carbonyl (C=O) groups excluding carboxylic acids is 3. The molecule has 10 nitrogen and oxygen atoms in total. The van der Waals surface area contributed by atoms with Crippen molar-refractivity contribution in [1.29, 1.82) is 0 Å². The van der Waals surface area contributed by atoms with Crippen molar-refractivity contribution in [2.24, 2.45) is 29.6 Å². The number of nitrogens with one attached hydrogen (secondary N) is 2. The van der Waals surface area contributed by atoms with Crippen molar-refractivity contribution in [2.75, 3.05) is 18.5 Å². The van der Waals surface area contributed by atoms with E-state index < -0.39 is 36.2 Å². The summed E-state index contributed by atoms with van der Waals surface area (Å²) in [4.78, 5) is 68.0. The minimum atomic E-state index is -1.23. The lowest BCUT2D eigenvalue weighted by Gasteiger charge is -2.43. The number of nitrogens with zero attached hydrogens (tertiary/aromatic N) is 1. The molecule has 7 atom stereocenters. The number of aliphatic carboxylic acids is 1. The average molecular weight is 640 g/mol. The van der Waals surface area contributed by atoms with Gasteiger partial charge in [-0.2, -0.15) is 0 Å². The number of hydrogen-bond donors (Lipinski definition) is 3. The van der Waals surface area contributed by atoms with E-state index in [9.17, 15) is 29.1 Å². The summed E-state index contributed by atoms with van der Waals surface area (Å²) in [5, 5.41) is 13.3. The Bertz CT molecular complexity index is 1750. The molecule has 1 saturated heterocycles. The number of aromatic amines is 1. The maximum absolute atomic E-state index is 13.5. The van der Waals surface area contributed by atoms with Crippen LogP contribution in [0.25, 0.3) is 0 Å². The number of hydrogen-bond acceptors (Lipinski definition) is 8. The summed E-state index contributed by atoms with van der Waals surface area (Å²) >= 11 is 9.13. The van der Waals surface area contributed by atoms with E-state index in [-0.39, 0.29) is 46.3 Å². The lowest BCUT2D eigenvalue weighted by atomic mass is 9.68. The Hall–Kier alpha value is -3.61. The number of carboxylic acid groups (broad SMARTS) is 1. The summed E-state index contributed by atoms with van der Waals surface area (Å²) in [5.41, 5.74) is 2.36. The molecule has 2 aliphatic heterocycles. The molecule has 3 amide bonds. The molecule has 2 bridgehead atoms. The number of ether oxygens (including phenoxy) is 1. The molecule has 2 aliphatic carbocycles. The number of anilines is 1. The highest BCUT2D eigenvalue weighted by molar-refractivity contribution is 8.00. The fourth-order valence-corrected chi connectivity index (χ4v) is 10.7. The van der Waals surface area contributed by atoms with Gasteiger partial charge in [0, 0.05) is 32.3 Å². The van der Waals surface area contributed by atoms with Gasteiger partial charge in [0.15, 0.2) is 6.61 Å². The first-order valence-corrected chi connectivity index (χ1v) is 15.9. The van der Waals surface area contributed by atoms with Crippen molar-refractivity contribution in [2.45, 2.75) is 29.5 Å². The number of amides is 3. The molecule has 2 saturated carbocycles. The number of benzene rings is 2. The number of aromatic nitrogens is 1. The maximum atomic E-state index is 13.5. The van der Waals surface area contributed by atoms with Gasteiger partial charge >= 0.3 is 10.8 Å². The van der Waals surface area contributed by atoms with Gasteiger partial charge in [-0.05, 0) is 67.0 Å². The van der Waals surface area contributed by atoms with Gasteiger partial charge in [0.05, 0.1) is 16.9 Å². The number of rotatable bonds is 7. The number of carbonyl (C=O) groups is 4. The Balaban J connectivity index is 1.23. The minimum Gasteiger partial charge on any atom is -0.483 e. The molecule has 0 radical (unpaired) electrons. The molecule has 3 N–H and O–H groups in total. The zero-order chi connectivity index (χ0) is 30.2. The SMILES string of the molecule is Cc1cccc(NC(=O)COc2ccc(Cl)cc2[C@H]2c3sc(=O)[nH]c3SC3C4CC(C5C(=O)N(CC(=O)O)C(=O)C45)C32)c1. The Morgan fingerprint density at radius 2 is 1.88 bits per heavy atom. The molecule has 3 fully saturated rings. The molecular weight excluding hydrogens is 614 g/mol. The second-order valence-electron chi connectivity index (χ2n) is 11.5. The quantitative estimate of drug-likeness (QED) is 0.329. The smallest absolute Gasteiger partial charge is 0.323 e. The summed E-state index contributed by atoms with van der Waals surface area (Å²) in [5.74, 6) is -4.04. The lowest BCUT2D eigenvalue weighted by Crippen LogP contribution is -2.42. The molecule has 0 spiro atoms. The fourth-order valence-electron chi connectivity index (χ4n) is 7.67. The van der Waals surface area contributed by atoms with Crippen LogP contribution in [0.5, 0.6) is 5.75 Å². The van der Waals surface area contributed by atoms with E-state index in [0.29, 0.717) is 33.5 Å². The number of halogens is 1. The summed E-state index contributed by atoms with van der Waals surface area (Å²) in [7, 11) is 0. The van der Waals surface area contributed by atoms with Crippen LogP contribution in [0.15, 0.2) is 52.3 Å². The van der Waals surface area contributed by atoms with E-state index in [0.717, 1.165) is 26.7 Å². The van der Waals surface area contributed by atoms with Gasteiger partial charge in [-0.3, -0.25) is 28.9 Å². The van der Waals surface area contributed by atoms with Crippen LogP contribution in [0, 0.1) is 36.5 Å². The summed E-state index contributed by atoms with van der Waals surface area (Å²) < 4.78 is 6.09. The van der Waals surface area contributed by atoms with E-state index >= 15 is 0 Å². The topological polar surface area (TPSA) is 146 Å². The summed E-state index contributed by atoms with van der Waals surface area (Å²) in [6.45, 7) is 1.03. The molecule has 6 unspecified atom stereocenters. The number of thioether (sulfide) groups is 1. The summed E-state index contributed by atoms with van der Waals surface area (Å²) in [6, 6.07) is 12.6. The molecular formula is C30H26ClN3O7S2. The van der Waals surface area contributed by atoms with Crippen LogP contribution in [-0.2, 0) is 19.2 Å². The van der Waals surface area contributed by atoms with E-state index in [1.165, 1.54) is 11.8 Å². The van der Waals surface area contributed by atoms with Crippen LogP contribution in [0.3, 0.4) is 0 Å². The van der Waals surface area contributed by atoms with Gasteiger partial charge in [-0.15, -0.1) is 11.8 Å². The van der Waals surface area contributed by atoms with E-state index in [1.54, 1.807) is 24.3 Å². The highest BCUT2D eigenvalue weighted by Crippen LogP contribution is 2.69. The van der Waals surface area contributed by atoms with Gasteiger partial charge in [0.1, 0.15) is 12.3 Å². The molecule has 7 rings (SSSR count). The van der Waals surface area contributed by atoms with Crippen molar-refractivity contribution in [1.82, 2.24) is 9.88 Å². The lowest BCUT2D eigenvalue weighted by molar-refractivity contribution is -0.149. The van der Waals surface area contributed by atoms with Crippen molar-refractivity contribution >= 4 is 64.1 Å². The first kappa shape index (κ1) is 28.2. The number of imide groups is 1. The van der Waals surface area contributed by atoms with Crippen LogP contribution >= 0.6 is 34.7 Å². The Labute approximate surface area is 258 Å². The number of likely N-dealkylation sites (tertiary alicyclic amines) is 1. The van der Waals surface area contributed by atoms with Crippen LogP contribution in [-0.4, -0.2) is 57.1 Å². The Morgan fingerprint density at radius 3 is 2.63 bits per heavy atom. The van der Waals surface area contributed by atoms with E-state index in [1.807, 2.05) is 25.1 Å². The maximum Gasteiger partial charge on any atom is 0.323 e. The molecule has 3 aromatic rings. The fraction of sp³-hybridized carbons (Fsp3) is 0.367. The second kappa shape index (κ2) is 10.5. The van der Waals surface area contributed by atoms with Crippen molar-refractivity contribution < 1.29 is 29.0 Å². The minimum absolute atomic E-state index is 0.0908. The molecule has 13 heteroatoms. The van der Waals surface area contributed by atoms with Crippen molar-refractivity contribution in [3.63, 3.8) is 0 Å². The third-order valence-electron chi connectivity index (χ3n) is 9.08. The Kier molecular flexibility index (Phi) is 6.90. The summed E-state index contributed by atoms with van der Waals surface area (Å²) in [6.07, 6.45) is 0.654. The Morgan fingerprint density at radius 1 is 1.12 bits per heavy atom. The molecule has 4 aliphatic rings. The van der Waals surface area contributed by atoms with E-state index in [2.05, 4.69) is 10.3 Å². The number of thiazole rings is 1.